The van der Waals surface area contributed by atoms with Crippen molar-refractivity contribution in [1.82, 2.24) is 19.8 Å². The fraction of sp³-hybridized carbons (Fsp3) is 0.576. The van der Waals surface area contributed by atoms with E-state index >= 15 is 0 Å². The minimum Gasteiger partial charge on any atom is -0.461 e. The van der Waals surface area contributed by atoms with E-state index in [9.17, 15) is 14.4 Å². The summed E-state index contributed by atoms with van der Waals surface area (Å²) < 4.78 is 20.3. The second-order valence-electron chi connectivity index (χ2n) is 12.4. The highest BCUT2D eigenvalue weighted by atomic mass is 35.5. The van der Waals surface area contributed by atoms with E-state index in [1.54, 1.807) is 0 Å². The minimum atomic E-state index is -1.01. The maximum Gasteiger partial charge on any atom is 0.318 e. The van der Waals surface area contributed by atoms with E-state index in [4.69, 9.17) is 26.3 Å². The molecule has 5 rings (SSSR count). The average molecular weight is 641 g/mol. The van der Waals surface area contributed by atoms with Gasteiger partial charge in [0.1, 0.15) is 12.4 Å². The Hall–Kier alpha value is -2.79. The van der Waals surface area contributed by atoms with E-state index in [0.29, 0.717) is 31.7 Å². The van der Waals surface area contributed by atoms with Gasteiger partial charge in [-0.05, 0) is 57.1 Å². The molecule has 2 aromatic rings. The van der Waals surface area contributed by atoms with Crippen LogP contribution in [0.4, 0.5) is 10.2 Å². The highest BCUT2D eigenvalue weighted by molar-refractivity contribution is 7.17. The highest BCUT2D eigenvalue weighted by Gasteiger charge is 2.51. The largest absolute Gasteiger partial charge is 0.461 e. The molecular weight excluding hydrogens is 598 g/mol. The smallest absolute Gasteiger partial charge is 0.318 e. The van der Waals surface area contributed by atoms with Gasteiger partial charge in [0.05, 0.1) is 29.8 Å². The summed E-state index contributed by atoms with van der Waals surface area (Å²) in [6.45, 7) is 10.3. The van der Waals surface area contributed by atoms with Crippen LogP contribution >= 0.6 is 20.8 Å². The minimum absolute atomic E-state index is 0.0226. The van der Waals surface area contributed by atoms with Crippen molar-refractivity contribution in [2.75, 3.05) is 37.7 Å². The third-order valence-electron chi connectivity index (χ3n) is 9.59. The van der Waals surface area contributed by atoms with Crippen molar-refractivity contribution in [3.63, 3.8) is 0 Å². The molecule has 5 unspecified atom stereocenters. The van der Waals surface area contributed by atoms with E-state index in [-0.39, 0.29) is 24.2 Å². The van der Waals surface area contributed by atoms with Crippen LogP contribution in [0.25, 0.3) is 0 Å². The van der Waals surface area contributed by atoms with Crippen molar-refractivity contribution in [3.8, 4) is 12.1 Å². The predicted octanol–water partition coefficient (Wildman–Crippen LogP) is 6.05. The Balaban J connectivity index is 1.47. The lowest BCUT2D eigenvalue weighted by Crippen LogP contribution is -2.61. The molecular formula is C33H43ClFN6O2P. The molecule has 1 aromatic heterocycles. The fourth-order valence-corrected chi connectivity index (χ4v) is 7.74. The second-order valence-corrected chi connectivity index (χ2v) is 13.6. The van der Waals surface area contributed by atoms with E-state index in [1.807, 2.05) is 18.2 Å². The number of amides is 1. The molecule has 3 aliphatic heterocycles. The number of rotatable bonds is 12. The molecule has 1 aromatic carbocycles. The predicted molar refractivity (Wildman–Crippen MR) is 175 cm³/mol. The Kier molecular flexibility index (Phi) is 10.4. The summed E-state index contributed by atoms with van der Waals surface area (Å²) >= 11 is 6.48. The molecule has 0 saturated carbocycles. The van der Waals surface area contributed by atoms with Gasteiger partial charge in [-0.15, -0.1) is 9.24 Å². The molecule has 8 nitrogen and oxygen atoms in total. The summed E-state index contributed by atoms with van der Waals surface area (Å²) in [5.74, 6) is -0.997. The van der Waals surface area contributed by atoms with Gasteiger partial charge >= 0.3 is 6.01 Å². The molecule has 44 heavy (non-hydrogen) atoms. The number of benzene rings is 1. The van der Waals surface area contributed by atoms with Gasteiger partial charge in [-0.25, -0.2) is 4.39 Å². The number of aromatic nitrogens is 2. The number of carbonyl (C=O) groups is 1. The molecule has 4 heterocycles. The van der Waals surface area contributed by atoms with Crippen LogP contribution in [0.1, 0.15) is 74.9 Å². The Bertz CT molecular complexity index is 1420. The van der Waals surface area contributed by atoms with Crippen molar-refractivity contribution in [1.29, 1.82) is 5.26 Å². The van der Waals surface area contributed by atoms with Gasteiger partial charge in [-0.1, -0.05) is 49.7 Å². The summed E-state index contributed by atoms with van der Waals surface area (Å²) in [5.41, 5.74) is 3.14. The zero-order chi connectivity index (χ0) is 31.4. The second kappa shape index (κ2) is 14.1. The monoisotopic (exact) mass is 640 g/mol. The molecule has 0 aliphatic carbocycles. The van der Waals surface area contributed by atoms with Crippen molar-refractivity contribution in [2.45, 2.75) is 88.5 Å². The lowest BCUT2D eigenvalue weighted by molar-refractivity contribution is -0.131. The highest BCUT2D eigenvalue weighted by Crippen LogP contribution is 2.44. The lowest BCUT2D eigenvalue weighted by atomic mass is 9.86. The lowest BCUT2D eigenvalue weighted by Gasteiger charge is -2.49. The number of ether oxygens (including phenoxy) is 1. The molecule has 3 saturated heterocycles. The molecule has 3 fully saturated rings. The number of piperazine rings is 1. The standard InChI is InChI=1S/C33H43ClFN6O2P/c1-4-7-26-29(28(44)11-10-24-8-5-6-9-27(24)34)37-32(43-21-33-14-12-22(2)41(33)17-15-33)38-30(26)39-18-19-40(31(42)23(3)35)25(20-39)13-16-36/h5-6,8-9,22,25,28H,3-4,7,10-15,17-21,44H2,1-2H3. The maximum atomic E-state index is 13.9. The van der Waals surface area contributed by atoms with Gasteiger partial charge in [0, 0.05) is 48.5 Å². The maximum absolute atomic E-state index is 13.9. The van der Waals surface area contributed by atoms with Crippen LogP contribution in [0.15, 0.2) is 36.7 Å². The van der Waals surface area contributed by atoms with Crippen molar-refractivity contribution < 1.29 is 13.9 Å². The number of anilines is 1. The topological polar surface area (TPSA) is 85.6 Å². The van der Waals surface area contributed by atoms with Crippen LogP contribution in [0.2, 0.25) is 5.02 Å². The van der Waals surface area contributed by atoms with Gasteiger partial charge in [-0.2, -0.15) is 15.2 Å². The van der Waals surface area contributed by atoms with Crippen LogP contribution in [0.5, 0.6) is 6.01 Å². The van der Waals surface area contributed by atoms with Gasteiger partial charge < -0.3 is 14.5 Å². The summed E-state index contributed by atoms with van der Waals surface area (Å²) in [5, 5.41) is 10.3. The molecule has 0 radical (unpaired) electrons. The SMILES string of the molecule is C=C(F)C(=O)N1CCN(c2nc(OCC34CCC(C)N3CC4)nc(C(P)CCc3ccccc3Cl)c2CCC)CC1CC#N. The van der Waals surface area contributed by atoms with E-state index < -0.39 is 17.8 Å². The normalized spacial score (nSPS) is 23.9. The third-order valence-corrected chi connectivity index (χ3v) is 10.6. The fourth-order valence-electron chi connectivity index (χ4n) is 7.06. The van der Waals surface area contributed by atoms with Gasteiger partial charge in [0.15, 0.2) is 5.83 Å². The van der Waals surface area contributed by atoms with Crippen molar-refractivity contribution in [3.05, 3.63) is 58.5 Å². The van der Waals surface area contributed by atoms with Crippen LogP contribution in [0, 0.1) is 11.3 Å². The Morgan fingerprint density at radius 3 is 2.73 bits per heavy atom. The zero-order valence-corrected chi connectivity index (χ0v) is 27.7. The quantitative estimate of drug-likeness (QED) is 0.206. The van der Waals surface area contributed by atoms with Crippen LogP contribution in [0.3, 0.4) is 0 Å². The van der Waals surface area contributed by atoms with Gasteiger partial charge in [-0.3, -0.25) is 9.69 Å². The molecule has 0 N–H and O–H groups in total. The number of carbonyl (C=O) groups excluding carboxylic acids is 1. The van der Waals surface area contributed by atoms with Gasteiger partial charge in [0.2, 0.25) is 0 Å². The van der Waals surface area contributed by atoms with Crippen LogP contribution in [-0.4, -0.2) is 76.1 Å². The van der Waals surface area contributed by atoms with Gasteiger partial charge in [0.25, 0.3) is 5.91 Å². The number of hydrogen-bond donors (Lipinski definition) is 0. The van der Waals surface area contributed by atoms with Crippen molar-refractivity contribution in [2.24, 2.45) is 0 Å². The molecule has 5 atom stereocenters. The molecule has 1 amide bonds. The molecule has 0 bridgehead atoms. The Morgan fingerprint density at radius 2 is 2.07 bits per heavy atom. The first-order chi connectivity index (χ1) is 21.2. The summed E-state index contributed by atoms with van der Waals surface area (Å²) in [7, 11) is 2.98. The number of hydrogen-bond acceptors (Lipinski definition) is 7. The number of nitrogens with zero attached hydrogens (tertiary/aromatic N) is 6. The Labute approximate surface area is 267 Å². The summed E-state index contributed by atoms with van der Waals surface area (Å²) in [6, 6.07) is 10.5. The van der Waals surface area contributed by atoms with E-state index in [1.165, 1.54) is 11.3 Å². The van der Waals surface area contributed by atoms with E-state index in [2.05, 4.69) is 51.6 Å². The van der Waals surface area contributed by atoms with Crippen LogP contribution < -0.4 is 9.64 Å². The zero-order valence-electron chi connectivity index (χ0n) is 25.8. The summed E-state index contributed by atoms with van der Waals surface area (Å²) in [6.07, 6.45) is 6.74. The number of nitriles is 1. The molecule has 3 aliphatic rings. The molecule has 0 spiro atoms. The molecule has 236 valence electrons. The van der Waals surface area contributed by atoms with Crippen LogP contribution in [-0.2, 0) is 17.6 Å². The first kappa shape index (κ1) is 32.6. The van der Waals surface area contributed by atoms with Crippen molar-refractivity contribution >= 4 is 32.6 Å². The van der Waals surface area contributed by atoms with E-state index in [0.717, 1.165) is 72.7 Å². The number of halogens is 2. The first-order valence-electron chi connectivity index (χ1n) is 15.7. The molecule has 11 heteroatoms. The Morgan fingerprint density at radius 1 is 1.27 bits per heavy atom. The third kappa shape index (κ3) is 6.73. The summed E-state index contributed by atoms with van der Waals surface area (Å²) in [4.78, 5) is 28.7. The first-order valence-corrected chi connectivity index (χ1v) is 16.8. The number of aryl methyl sites for hydroxylation is 1. The number of fused-ring (bicyclic) bond motifs is 1. The average Bonchev–Trinajstić information content (AvgIpc) is 3.22.